The summed E-state index contributed by atoms with van der Waals surface area (Å²) in [7, 11) is 4.90. The van der Waals surface area contributed by atoms with E-state index in [1.807, 2.05) is 257 Å². The van der Waals surface area contributed by atoms with E-state index in [1.54, 1.807) is 85.1 Å². The number of amides is 7. The molecule has 0 radical (unpaired) electrons. The number of benzene rings is 12. The number of nitrogens with zero attached hydrogens (tertiary/aromatic N) is 4. The lowest BCUT2D eigenvalue weighted by atomic mass is 9.92. The summed E-state index contributed by atoms with van der Waals surface area (Å²) in [6.07, 6.45) is 2.90. The summed E-state index contributed by atoms with van der Waals surface area (Å²) in [6, 6.07) is 82.3. The van der Waals surface area contributed by atoms with Crippen LogP contribution in [0, 0.1) is 0 Å². The molecule has 144 heavy (non-hydrogen) atoms. The first-order chi connectivity index (χ1) is 69.6. The maximum absolute atomic E-state index is 13.5. The summed E-state index contributed by atoms with van der Waals surface area (Å²) < 4.78 is 26.5. The van der Waals surface area contributed by atoms with Gasteiger partial charge in [-0.3, -0.25) is 9.69 Å². The molecule has 0 fully saturated rings. The number of aromatic nitrogens is 5. The summed E-state index contributed by atoms with van der Waals surface area (Å²) in [5.74, 6) is 2.24. The van der Waals surface area contributed by atoms with Gasteiger partial charge in [0, 0.05) is 158 Å². The Hall–Kier alpha value is -13.9. The van der Waals surface area contributed by atoms with Crippen molar-refractivity contribution in [2.75, 3.05) is 71.3 Å². The second-order valence-corrected chi connectivity index (χ2v) is 39.6. The lowest BCUT2D eigenvalue weighted by molar-refractivity contribution is -0.135. The van der Waals surface area contributed by atoms with E-state index in [2.05, 4.69) is 46.2 Å². The van der Waals surface area contributed by atoms with Crippen LogP contribution in [0.3, 0.4) is 0 Å². The largest absolute Gasteiger partial charge is 0.508 e. The van der Waals surface area contributed by atoms with Gasteiger partial charge in [0.25, 0.3) is 0 Å². The number of phenols is 1. The number of rotatable bonds is 13. The number of anilines is 2. The van der Waals surface area contributed by atoms with E-state index >= 15 is 0 Å². The molecule has 12 aromatic carbocycles. The van der Waals surface area contributed by atoms with Crippen molar-refractivity contribution in [3.05, 3.63) is 386 Å². The van der Waals surface area contributed by atoms with Crippen LogP contribution in [0.1, 0.15) is 149 Å². The molecule has 5 aliphatic rings. The molecule has 10 heterocycles. The van der Waals surface area contributed by atoms with Gasteiger partial charge < -0.3 is 89.7 Å². The van der Waals surface area contributed by atoms with Crippen LogP contribution in [-0.4, -0.2) is 152 Å². The zero-order chi connectivity index (χ0) is 101. The average Bonchev–Trinajstić information content (AvgIpc) is 1.27. The quantitative estimate of drug-likeness (QED) is 0.0516. The van der Waals surface area contributed by atoms with Gasteiger partial charge in [-0.2, -0.15) is 0 Å². The Kier molecular flexibility index (Phi) is 30.4. The van der Waals surface area contributed by atoms with Gasteiger partial charge >= 0.3 is 24.2 Å². The number of nitrogens with one attached hydrogen (secondary N) is 9. The summed E-state index contributed by atoms with van der Waals surface area (Å²) in [5.41, 5.74) is 21.9. The fraction of sp³-hybridized carbons (Fsp3) is 0.230. The summed E-state index contributed by atoms with van der Waals surface area (Å²) in [4.78, 5) is 89.9. The average molecular weight is 2070 g/mol. The minimum atomic E-state index is -0.726. The molecular weight excluding hydrogens is 1960 g/mol. The van der Waals surface area contributed by atoms with Gasteiger partial charge in [0.15, 0.2) is 0 Å². The second-order valence-electron chi connectivity index (χ2n) is 36.6. The maximum Gasteiger partial charge on any atom is 0.410 e. The van der Waals surface area contributed by atoms with Crippen LogP contribution in [-0.2, 0) is 46.4 Å². The van der Waals surface area contributed by atoms with Gasteiger partial charge in [-0.1, -0.05) is 184 Å². The molecule has 0 bridgehead atoms. The van der Waals surface area contributed by atoms with Gasteiger partial charge in [0.05, 0.1) is 62.1 Å². The minimum Gasteiger partial charge on any atom is -0.508 e. The van der Waals surface area contributed by atoms with Crippen LogP contribution in [0.4, 0.5) is 30.6 Å². The molecule has 17 aromatic rings. The molecule has 5 aromatic heterocycles. The number of carbonyl (C=O) groups excluding carboxylic acids is 5. The summed E-state index contributed by atoms with van der Waals surface area (Å²) in [5, 5.41) is 32.5. The van der Waals surface area contributed by atoms with Crippen LogP contribution in [0.5, 0.6) is 23.0 Å². The van der Waals surface area contributed by atoms with Crippen LogP contribution in [0.25, 0.3) is 54.5 Å². The number of aromatic amines is 5. The van der Waals surface area contributed by atoms with E-state index in [1.165, 1.54) is 27.6 Å². The number of para-hydroxylation sites is 1. The highest BCUT2D eigenvalue weighted by atomic mass is 35.5. The van der Waals surface area contributed by atoms with Crippen LogP contribution in [0.2, 0.25) is 35.2 Å². The number of hydrogen-bond acceptors (Lipinski definition) is 12. The number of halogens is 7. The predicted molar refractivity (Wildman–Crippen MR) is 574 cm³/mol. The van der Waals surface area contributed by atoms with Crippen molar-refractivity contribution in [3.63, 3.8) is 0 Å². The van der Waals surface area contributed by atoms with Crippen LogP contribution < -0.4 is 35.5 Å². The third-order valence-electron chi connectivity index (χ3n) is 26.5. The zero-order valence-corrected chi connectivity index (χ0v) is 85.4. The van der Waals surface area contributed by atoms with E-state index in [0.717, 1.165) is 159 Å². The fourth-order valence-corrected chi connectivity index (χ4v) is 21.3. The Balaban J connectivity index is 0.000000119. The van der Waals surface area contributed by atoms with Crippen molar-refractivity contribution in [1.29, 1.82) is 0 Å². The number of ether oxygens (including phenoxy) is 5. The van der Waals surface area contributed by atoms with Crippen LogP contribution in [0.15, 0.2) is 267 Å². The molecule has 0 spiro atoms. The molecule has 10 N–H and O–H groups in total. The molecule has 738 valence electrons. The number of phenolic OH excluding ortho intramolecular Hbond substituents is 1. The van der Waals surface area contributed by atoms with E-state index in [4.69, 9.17) is 105 Å². The Morgan fingerprint density at radius 3 is 1.23 bits per heavy atom. The third-order valence-corrected chi connectivity index (χ3v) is 28.5. The monoisotopic (exact) mass is 2070 g/mol. The Labute approximate surface area is 867 Å². The first-order valence-electron chi connectivity index (χ1n) is 47.4. The zero-order valence-electron chi connectivity index (χ0n) is 80.1. The SMILES string of the molecule is CCOC(=O)N1CCc2c([nH]c3ccc(Cl)cc23)C1c1cccc(O)c1.COc1ccc(C2c3[nH]c4ccc(Cl)cc4c3CCN2C(=O)Nc2cccc(OC)c2)cc1.COc1ccc(C2c3[nH]c4ccc(Cl)cc4c3CCN2C(=O)Nc2ccccc2)cc1.C[C@H](NC(=O)OC(C)(C)C)C(=O)N1CCc2c([nH]c3ccc(Cl)cc23)C1c1ccccc1.Clc1ccc2[nH]c3c(c2c1)CCNC3c1cccc(Cl)c1Cl. The molecule has 24 nitrogen and oxygen atoms in total. The Morgan fingerprint density at radius 1 is 0.403 bits per heavy atom. The molecule has 31 heteroatoms. The number of alkyl carbamates (subject to hydrolysis) is 1. The molecular formula is C113H106Cl7N13O11. The first kappa shape index (κ1) is 100. The minimum absolute atomic E-state index is 0.0149. The maximum atomic E-state index is 13.5. The summed E-state index contributed by atoms with van der Waals surface area (Å²) in [6.45, 7) is 12.3. The number of H-pyrrole nitrogens is 5. The number of hydrogen-bond donors (Lipinski definition) is 10. The van der Waals surface area contributed by atoms with Crippen molar-refractivity contribution in [1.82, 2.24) is 55.2 Å². The number of urea groups is 2. The van der Waals surface area contributed by atoms with Crippen molar-refractivity contribution in [2.45, 2.75) is 109 Å². The van der Waals surface area contributed by atoms with E-state index in [0.29, 0.717) is 87.2 Å². The third kappa shape index (κ3) is 21.7. The highest BCUT2D eigenvalue weighted by molar-refractivity contribution is 6.42. The highest BCUT2D eigenvalue weighted by Gasteiger charge is 2.42. The lowest BCUT2D eigenvalue weighted by Gasteiger charge is -2.37. The fourth-order valence-electron chi connectivity index (χ4n) is 20.0. The van der Waals surface area contributed by atoms with Crippen molar-refractivity contribution in [2.24, 2.45) is 0 Å². The normalized spacial score (nSPS) is 16.3. The number of fused-ring (bicyclic) bond motifs is 15. The Morgan fingerprint density at radius 2 is 0.785 bits per heavy atom. The number of aromatic hydroxyl groups is 1. The standard InChI is InChI=1S/C26H24ClN3O3.C25H28ClN3O3.C25H22ClN3O2.C20H19ClN2O3.C17H13Cl3N2/c1-32-19-9-6-16(7-10-19)25-24-21(22-14-17(27)8-11-23(22)29-24)12-13-30(25)26(31)28-18-4-3-5-20(15-18)33-2;1-15(27-24(31)32-25(2,3)4)23(30)29-13-12-18-19-14-17(26)10-11-20(19)28-21(18)22(29)16-8-6-5-7-9-16;1-31-19-10-7-16(8-11-19)24-23-20(21-15-17(26)9-12-22(21)28-23)13-14-29(24)25(30)27-18-5-3-2-4-6-18;1-2-26-20(25)23-9-8-15-16-11-13(21)6-7-17(16)22-18(15)19(23)12-4-3-5-14(24)10-12;18-9-4-5-14-12(8-9)10-6-7-21-16(17(10)22-14)11-2-1-3-13(19)15(11)20/h3-11,14-15,25,29H,12-13H2,1-2H3,(H,28,31);5-11,14-15,22,28H,12-13H2,1-4H3,(H,27,31);2-12,15,24,28H,13-14H2,1H3,(H,27,30);3-7,10-11,19,22,24H,2,8-9H2,1H3;1-5,8,16,21-22H,6-7H2/t;15-,22?;;;/m.0.../s1. The second kappa shape index (κ2) is 43.7. The molecule has 6 atom stereocenters. The number of methoxy groups -OCH3 is 3. The molecule has 0 aliphatic carbocycles. The Bertz CT molecular complexity index is 7620. The van der Waals surface area contributed by atoms with Crippen molar-refractivity contribution in [3.8, 4) is 23.0 Å². The van der Waals surface area contributed by atoms with Gasteiger partial charge in [-0.05, 0) is 280 Å². The van der Waals surface area contributed by atoms with Gasteiger partial charge in [0.2, 0.25) is 5.91 Å². The van der Waals surface area contributed by atoms with Gasteiger partial charge in [-0.25, -0.2) is 19.2 Å². The molecule has 0 saturated carbocycles. The molecule has 5 aliphatic heterocycles. The van der Waals surface area contributed by atoms with E-state index < -0.39 is 17.7 Å². The van der Waals surface area contributed by atoms with E-state index in [-0.39, 0.29) is 60.0 Å². The molecule has 5 unspecified atom stereocenters. The van der Waals surface area contributed by atoms with Crippen molar-refractivity contribution < 1.29 is 52.8 Å². The number of carbonyl (C=O) groups is 5. The van der Waals surface area contributed by atoms with Gasteiger partial charge in [-0.15, -0.1) is 0 Å². The van der Waals surface area contributed by atoms with Crippen LogP contribution >= 0.6 is 81.2 Å². The van der Waals surface area contributed by atoms with Gasteiger partial charge in [0.1, 0.15) is 40.7 Å². The highest BCUT2D eigenvalue weighted by Crippen LogP contribution is 2.47. The summed E-state index contributed by atoms with van der Waals surface area (Å²) >= 11 is 43.7. The van der Waals surface area contributed by atoms with E-state index in [9.17, 15) is 29.1 Å². The lowest BCUT2D eigenvalue weighted by Crippen LogP contribution is -2.51. The molecule has 0 saturated heterocycles. The van der Waals surface area contributed by atoms with Crippen molar-refractivity contribution >= 4 is 177 Å². The molecule has 22 rings (SSSR count). The smallest absolute Gasteiger partial charge is 0.410 e. The topological polar surface area (TPSA) is 292 Å². The predicted octanol–water partition coefficient (Wildman–Crippen LogP) is 27.2. The first-order valence-corrected chi connectivity index (χ1v) is 50.1. The molecule has 7 amide bonds.